The van der Waals surface area contributed by atoms with Gasteiger partial charge in [0.15, 0.2) is 0 Å². The molecule has 0 spiro atoms. The third-order valence-electron chi connectivity index (χ3n) is 5.70. The number of amides is 1. The molecule has 0 radical (unpaired) electrons. The van der Waals surface area contributed by atoms with Crippen LogP contribution in [0, 0.1) is 19.8 Å². The number of rotatable bonds is 6. The van der Waals surface area contributed by atoms with Gasteiger partial charge >= 0.3 is 0 Å². The summed E-state index contributed by atoms with van der Waals surface area (Å²) in [4.78, 5) is 13.3. The zero-order chi connectivity index (χ0) is 21.0. The third-order valence-corrected chi connectivity index (χ3v) is 7.58. The normalized spacial score (nSPS) is 18.9. The van der Waals surface area contributed by atoms with Crippen LogP contribution >= 0.6 is 0 Å². The fourth-order valence-corrected chi connectivity index (χ4v) is 5.42. The van der Waals surface area contributed by atoms with Crippen LogP contribution in [0.25, 0.3) is 0 Å². The Kier molecular flexibility index (Phi) is 6.75. The van der Waals surface area contributed by atoms with Gasteiger partial charge in [-0.1, -0.05) is 48.9 Å². The number of nitrogens with one attached hydrogen (secondary N) is 1. The Balaban J connectivity index is 1.72. The van der Waals surface area contributed by atoms with Gasteiger partial charge in [0.2, 0.25) is 15.9 Å². The second-order valence-electron chi connectivity index (χ2n) is 7.84. The summed E-state index contributed by atoms with van der Waals surface area (Å²) in [6.45, 7) is 6.70. The molecule has 2 aromatic carbocycles. The lowest BCUT2D eigenvalue weighted by molar-refractivity contribution is -0.126. The van der Waals surface area contributed by atoms with E-state index in [1.165, 1.54) is 4.31 Å². The van der Waals surface area contributed by atoms with Gasteiger partial charge in [-0.3, -0.25) is 4.79 Å². The van der Waals surface area contributed by atoms with E-state index in [-0.39, 0.29) is 29.3 Å². The van der Waals surface area contributed by atoms with E-state index in [0.717, 1.165) is 23.1 Å². The highest BCUT2D eigenvalue weighted by molar-refractivity contribution is 7.89. The number of hydrogen-bond acceptors (Lipinski definition) is 3. The molecule has 2 aromatic rings. The van der Waals surface area contributed by atoms with E-state index in [9.17, 15) is 13.2 Å². The largest absolute Gasteiger partial charge is 0.349 e. The molecule has 0 aliphatic carbocycles. The Morgan fingerprint density at radius 1 is 1.14 bits per heavy atom. The van der Waals surface area contributed by atoms with Crippen LogP contribution in [-0.4, -0.2) is 31.7 Å². The third kappa shape index (κ3) is 4.87. The number of carbonyl (C=O) groups is 1. The lowest BCUT2D eigenvalue weighted by Crippen LogP contribution is -2.46. The molecule has 0 unspecified atom stereocenters. The van der Waals surface area contributed by atoms with Crippen LogP contribution < -0.4 is 5.32 Å². The molecule has 3 rings (SSSR count). The number of hydrogen-bond donors (Lipinski definition) is 1. The van der Waals surface area contributed by atoms with Gasteiger partial charge in [-0.05, 0) is 56.4 Å². The molecule has 1 heterocycles. The maximum atomic E-state index is 13.0. The van der Waals surface area contributed by atoms with E-state index in [0.29, 0.717) is 19.4 Å². The summed E-state index contributed by atoms with van der Waals surface area (Å²) >= 11 is 0. The smallest absolute Gasteiger partial charge is 0.243 e. The second kappa shape index (κ2) is 9.09. The number of piperidine rings is 1. The van der Waals surface area contributed by atoms with Crippen LogP contribution in [0.5, 0.6) is 0 Å². The number of nitrogens with zero attached hydrogens (tertiary/aromatic N) is 1. The Bertz CT molecular complexity index is 954. The Morgan fingerprint density at radius 2 is 1.83 bits per heavy atom. The average Bonchev–Trinajstić information content (AvgIpc) is 2.73. The summed E-state index contributed by atoms with van der Waals surface area (Å²) < 4.78 is 27.5. The molecule has 5 nitrogen and oxygen atoms in total. The van der Waals surface area contributed by atoms with Crippen LogP contribution in [0.4, 0.5) is 0 Å². The number of aryl methyl sites for hydroxylation is 2. The van der Waals surface area contributed by atoms with Crippen molar-refractivity contribution in [3.63, 3.8) is 0 Å². The van der Waals surface area contributed by atoms with E-state index >= 15 is 0 Å². The van der Waals surface area contributed by atoms with Crippen LogP contribution in [0.3, 0.4) is 0 Å². The quantitative estimate of drug-likeness (QED) is 0.778. The topological polar surface area (TPSA) is 66.5 Å². The molecule has 29 heavy (non-hydrogen) atoms. The molecular weight excluding hydrogens is 384 g/mol. The molecular formula is C23H30N2O3S. The molecule has 1 saturated heterocycles. The van der Waals surface area contributed by atoms with Crippen molar-refractivity contribution in [3.05, 3.63) is 65.2 Å². The number of carbonyl (C=O) groups excluding carboxylic acids is 1. The lowest BCUT2D eigenvalue weighted by Gasteiger charge is -2.32. The summed E-state index contributed by atoms with van der Waals surface area (Å²) in [7, 11) is -3.58. The van der Waals surface area contributed by atoms with E-state index in [1.807, 2.05) is 45.0 Å². The Morgan fingerprint density at radius 3 is 2.48 bits per heavy atom. The molecule has 1 aliphatic rings. The monoisotopic (exact) mass is 414 g/mol. The molecule has 6 heteroatoms. The maximum absolute atomic E-state index is 13.0. The first kappa shape index (κ1) is 21.5. The standard InChI is InChI=1S/C23H30N2O3S/c1-4-22(21-10-6-5-8-18(21)3)24-23(26)19-9-7-15-25(16-19)29(27,28)20-13-11-17(2)12-14-20/h5-6,8,10-14,19,22H,4,7,9,15-16H2,1-3H3,(H,24,26)/t19-,22+/m1/s1. The van der Waals surface area contributed by atoms with Crippen LogP contribution in [0.1, 0.15) is 48.9 Å². The first-order chi connectivity index (χ1) is 13.8. The van der Waals surface area contributed by atoms with Gasteiger partial charge in [-0.15, -0.1) is 0 Å². The second-order valence-corrected chi connectivity index (χ2v) is 9.78. The molecule has 156 valence electrons. The van der Waals surface area contributed by atoms with Crippen molar-refractivity contribution >= 4 is 15.9 Å². The average molecular weight is 415 g/mol. The predicted octanol–water partition coefficient (Wildman–Crippen LogP) is 3.97. The summed E-state index contributed by atoms with van der Waals surface area (Å²) in [6.07, 6.45) is 2.18. The van der Waals surface area contributed by atoms with Crippen molar-refractivity contribution in [2.75, 3.05) is 13.1 Å². The van der Waals surface area contributed by atoms with Crippen molar-refractivity contribution in [1.29, 1.82) is 0 Å². The lowest BCUT2D eigenvalue weighted by atomic mass is 9.95. The minimum atomic E-state index is -3.58. The van der Waals surface area contributed by atoms with Gasteiger partial charge in [0.1, 0.15) is 0 Å². The fraction of sp³-hybridized carbons (Fsp3) is 0.435. The molecule has 0 saturated carbocycles. The Labute approximate surface area is 174 Å². The van der Waals surface area contributed by atoms with Gasteiger partial charge in [0.05, 0.1) is 16.9 Å². The van der Waals surface area contributed by atoms with Gasteiger partial charge in [-0.25, -0.2) is 8.42 Å². The van der Waals surface area contributed by atoms with Crippen molar-refractivity contribution in [2.24, 2.45) is 5.92 Å². The zero-order valence-electron chi connectivity index (χ0n) is 17.4. The minimum Gasteiger partial charge on any atom is -0.349 e. The highest BCUT2D eigenvalue weighted by Crippen LogP contribution is 2.26. The van der Waals surface area contributed by atoms with Crippen molar-refractivity contribution in [3.8, 4) is 0 Å². The van der Waals surface area contributed by atoms with Crippen molar-refractivity contribution in [2.45, 2.75) is 51.0 Å². The number of sulfonamides is 1. The van der Waals surface area contributed by atoms with E-state index < -0.39 is 10.0 Å². The first-order valence-corrected chi connectivity index (χ1v) is 11.7. The molecule has 1 amide bonds. The Hall–Kier alpha value is -2.18. The van der Waals surface area contributed by atoms with Crippen LogP contribution in [0.2, 0.25) is 0 Å². The summed E-state index contributed by atoms with van der Waals surface area (Å²) in [5, 5.41) is 3.15. The van der Waals surface area contributed by atoms with Gasteiger partial charge in [-0.2, -0.15) is 4.31 Å². The highest BCUT2D eigenvalue weighted by atomic mass is 32.2. The van der Waals surface area contributed by atoms with Crippen LogP contribution in [-0.2, 0) is 14.8 Å². The summed E-state index contributed by atoms with van der Waals surface area (Å²) in [5.74, 6) is -0.397. The molecule has 0 aromatic heterocycles. The van der Waals surface area contributed by atoms with E-state index in [4.69, 9.17) is 0 Å². The van der Waals surface area contributed by atoms with Crippen LogP contribution in [0.15, 0.2) is 53.4 Å². The first-order valence-electron chi connectivity index (χ1n) is 10.3. The van der Waals surface area contributed by atoms with Gasteiger partial charge in [0.25, 0.3) is 0 Å². The molecule has 0 bridgehead atoms. The van der Waals surface area contributed by atoms with E-state index in [1.54, 1.807) is 24.3 Å². The van der Waals surface area contributed by atoms with Crippen molar-refractivity contribution in [1.82, 2.24) is 9.62 Å². The molecule has 1 fully saturated rings. The molecule has 1 N–H and O–H groups in total. The summed E-state index contributed by atoms with van der Waals surface area (Å²) in [5.41, 5.74) is 3.27. The summed E-state index contributed by atoms with van der Waals surface area (Å²) in [6, 6.07) is 14.9. The van der Waals surface area contributed by atoms with Crippen molar-refractivity contribution < 1.29 is 13.2 Å². The number of benzene rings is 2. The zero-order valence-corrected chi connectivity index (χ0v) is 18.2. The molecule has 1 aliphatic heterocycles. The SMILES string of the molecule is CC[C@H](NC(=O)[C@@H]1CCCN(S(=O)(=O)c2ccc(C)cc2)C1)c1ccccc1C. The maximum Gasteiger partial charge on any atom is 0.243 e. The minimum absolute atomic E-state index is 0.0622. The van der Waals surface area contributed by atoms with E-state index in [2.05, 4.69) is 5.32 Å². The predicted molar refractivity (Wildman–Crippen MR) is 115 cm³/mol. The van der Waals surface area contributed by atoms with Gasteiger partial charge in [0, 0.05) is 13.1 Å². The molecule has 2 atom stereocenters. The fourth-order valence-electron chi connectivity index (χ4n) is 3.90. The van der Waals surface area contributed by atoms with Gasteiger partial charge < -0.3 is 5.32 Å². The highest BCUT2D eigenvalue weighted by Gasteiger charge is 2.34.